The van der Waals surface area contributed by atoms with E-state index in [9.17, 15) is 9.59 Å². The Morgan fingerprint density at radius 2 is 0.727 bits per heavy atom. The van der Waals surface area contributed by atoms with Crippen LogP contribution >= 0.6 is 0 Å². The normalized spacial score (nSPS) is 10.6. The van der Waals surface area contributed by atoms with E-state index < -0.39 is 0 Å². The van der Waals surface area contributed by atoms with Gasteiger partial charge in [-0.2, -0.15) is 0 Å². The smallest absolute Gasteiger partial charge is 0.193 e. The van der Waals surface area contributed by atoms with E-state index in [-0.39, 0.29) is 11.6 Å². The Balaban J connectivity index is 1.05. The lowest BCUT2D eigenvalue weighted by Gasteiger charge is -2.12. The van der Waals surface area contributed by atoms with Crippen molar-refractivity contribution < 1.29 is 19.1 Å². The van der Waals surface area contributed by atoms with E-state index >= 15 is 0 Å². The summed E-state index contributed by atoms with van der Waals surface area (Å²) in [5, 5.41) is 0. The Morgan fingerprint density at radius 1 is 0.386 bits per heavy atom. The summed E-state index contributed by atoms with van der Waals surface area (Å²) in [4.78, 5) is 26.3. The summed E-state index contributed by atoms with van der Waals surface area (Å²) in [5.74, 6) is 1.44. The highest BCUT2D eigenvalue weighted by Gasteiger charge is 2.15. The SMILES string of the molecule is O=C(c1ccccc1)c1ccccc1-c1ccc(OCCOc2ccc(-c3ccccc3C(=O)c3ccccc3)cc2)cc1. The van der Waals surface area contributed by atoms with Gasteiger partial charge in [0, 0.05) is 22.3 Å². The lowest BCUT2D eigenvalue weighted by Crippen LogP contribution is -2.09. The Morgan fingerprint density at radius 3 is 1.11 bits per heavy atom. The van der Waals surface area contributed by atoms with Crippen molar-refractivity contribution in [3.05, 3.63) is 180 Å². The van der Waals surface area contributed by atoms with Gasteiger partial charge in [0.15, 0.2) is 11.6 Å². The zero-order valence-corrected chi connectivity index (χ0v) is 24.1. The number of benzene rings is 6. The molecule has 6 rings (SSSR count). The zero-order valence-electron chi connectivity index (χ0n) is 24.1. The molecule has 0 bridgehead atoms. The first-order chi connectivity index (χ1) is 21.7. The average Bonchev–Trinajstić information content (AvgIpc) is 3.11. The second-order valence-corrected chi connectivity index (χ2v) is 10.2. The van der Waals surface area contributed by atoms with E-state index in [1.807, 2.05) is 158 Å². The van der Waals surface area contributed by atoms with E-state index in [0.29, 0.717) is 35.5 Å². The van der Waals surface area contributed by atoms with Crippen molar-refractivity contribution in [3.8, 4) is 33.8 Å². The number of ketones is 2. The zero-order chi connectivity index (χ0) is 30.1. The molecular formula is C40H30O4. The Labute approximate surface area is 257 Å². The molecule has 0 spiro atoms. The maximum absolute atomic E-state index is 13.1. The first kappa shape index (κ1) is 28.4. The highest BCUT2D eigenvalue weighted by atomic mass is 16.5. The van der Waals surface area contributed by atoms with Gasteiger partial charge in [-0.15, -0.1) is 0 Å². The summed E-state index contributed by atoms with van der Waals surface area (Å²) >= 11 is 0. The molecule has 6 aromatic rings. The minimum absolute atomic E-state index is 0.00316. The standard InChI is InChI=1S/C40H30O4/c41-39(31-11-3-1-4-12-31)37-17-9-7-15-35(37)29-19-23-33(24-20-29)43-27-28-44-34-25-21-30(22-26-34)36-16-8-10-18-38(36)40(42)32-13-5-2-6-14-32/h1-26H,27-28H2. The van der Waals surface area contributed by atoms with Crippen molar-refractivity contribution in [2.24, 2.45) is 0 Å². The number of hydrogen-bond acceptors (Lipinski definition) is 4. The van der Waals surface area contributed by atoms with Crippen LogP contribution in [0.15, 0.2) is 158 Å². The molecule has 0 aromatic heterocycles. The topological polar surface area (TPSA) is 52.6 Å². The Kier molecular flexibility index (Phi) is 8.70. The first-order valence-corrected chi connectivity index (χ1v) is 14.5. The number of carbonyl (C=O) groups excluding carboxylic acids is 2. The molecule has 0 heterocycles. The van der Waals surface area contributed by atoms with Crippen LogP contribution in [0.4, 0.5) is 0 Å². The van der Waals surface area contributed by atoms with E-state index in [1.54, 1.807) is 0 Å². The van der Waals surface area contributed by atoms with Gasteiger partial charge in [0.2, 0.25) is 0 Å². The molecule has 0 amide bonds. The van der Waals surface area contributed by atoms with Crippen LogP contribution in [0, 0.1) is 0 Å². The number of carbonyl (C=O) groups is 2. The van der Waals surface area contributed by atoms with Crippen LogP contribution in [0.1, 0.15) is 31.8 Å². The van der Waals surface area contributed by atoms with Crippen molar-refractivity contribution in [2.45, 2.75) is 0 Å². The van der Waals surface area contributed by atoms with Crippen LogP contribution in [0.3, 0.4) is 0 Å². The largest absolute Gasteiger partial charge is 0.490 e. The van der Waals surface area contributed by atoms with Gasteiger partial charge in [-0.1, -0.05) is 133 Å². The molecule has 4 heteroatoms. The molecule has 0 unspecified atom stereocenters. The molecule has 0 saturated carbocycles. The molecule has 44 heavy (non-hydrogen) atoms. The van der Waals surface area contributed by atoms with Crippen LogP contribution in [-0.4, -0.2) is 24.8 Å². The van der Waals surface area contributed by atoms with Gasteiger partial charge in [-0.3, -0.25) is 9.59 Å². The third-order valence-electron chi connectivity index (χ3n) is 7.37. The fourth-order valence-electron chi connectivity index (χ4n) is 5.14. The highest BCUT2D eigenvalue weighted by molar-refractivity contribution is 6.13. The second-order valence-electron chi connectivity index (χ2n) is 10.2. The second kappa shape index (κ2) is 13.5. The summed E-state index contributed by atoms with van der Waals surface area (Å²) in [7, 11) is 0. The summed E-state index contributed by atoms with van der Waals surface area (Å²) in [6.07, 6.45) is 0. The van der Waals surface area contributed by atoms with Crippen LogP contribution in [0.2, 0.25) is 0 Å². The van der Waals surface area contributed by atoms with Gasteiger partial charge in [-0.25, -0.2) is 0 Å². The fourth-order valence-corrected chi connectivity index (χ4v) is 5.14. The van der Waals surface area contributed by atoms with E-state index in [2.05, 4.69) is 0 Å². The van der Waals surface area contributed by atoms with Crippen LogP contribution in [0.5, 0.6) is 11.5 Å². The fraction of sp³-hybridized carbons (Fsp3) is 0.0500. The monoisotopic (exact) mass is 574 g/mol. The molecule has 0 aliphatic heterocycles. The molecule has 0 radical (unpaired) electrons. The molecule has 0 fully saturated rings. The van der Waals surface area contributed by atoms with Gasteiger partial charge in [0.1, 0.15) is 24.7 Å². The van der Waals surface area contributed by atoms with Crippen LogP contribution in [0.25, 0.3) is 22.3 Å². The molecular weight excluding hydrogens is 544 g/mol. The minimum atomic E-state index is -0.00316. The maximum atomic E-state index is 13.1. The molecule has 6 aromatic carbocycles. The third-order valence-corrected chi connectivity index (χ3v) is 7.37. The summed E-state index contributed by atoms with van der Waals surface area (Å²) < 4.78 is 11.8. The molecule has 0 atom stereocenters. The van der Waals surface area contributed by atoms with E-state index in [4.69, 9.17) is 9.47 Å². The first-order valence-electron chi connectivity index (χ1n) is 14.5. The number of rotatable bonds is 11. The lowest BCUT2D eigenvalue weighted by molar-refractivity contribution is 0.103. The summed E-state index contributed by atoms with van der Waals surface area (Å²) in [6, 6.07) is 49.4. The lowest BCUT2D eigenvalue weighted by atomic mass is 9.94. The van der Waals surface area contributed by atoms with Gasteiger partial charge < -0.3 is 9.47 Å². The molecule has 0 aliphatic carbocycles. The summed E-state index contributed by atoms with van der Waals surface area (Å²) in [6.45, 7) is 0.747. The van der Waals surface area contributed by atoms with Crippen molar-refractivity contribution >= 4 is 11.6 Å². The Hall–Kier alpha value is -5.74. The van der Waals surface area contributed by atoms with Gasteiger partial charge in [0.05, 0.1) is 0 Å². The van der Waals surface area contributed by atoms with Gasteiger partial charge >= 0.3 is 0 Å². The van der Waals surface area contributed by atoms with Crippen molar-refractivity contribution in [1.82, 2.24) is 0 Å². The molecule has 214 valence electrons. The molecule has 0 saturated heterocycles. The predicted octanol–water partition coefficient (Wildman–Crippen LogP) is 8.94. The quantitative estimate of drug-likeness (QED) is 0.115. The molecule has 4 nitrogen and oxygen atoms in total. The van der Waals surface area contributed by atoms with Gasteiger partial charge in [0.25, 0.3) is 0 Å². The Bertz CT molecular complexity index is 1720. The molecule has 0 aliphatic rings. The number of ether oxygens (including phenoxy) is 2. The number of hydrogen-bond donors (Lipinski definition) is 0. The van der Waals surface area contributed by atoms with Crippen LogP contribution < -0.4 is 9.47 Å². The van der Waals surface area contributed by atoms with Crippen molar-refractivity contribution in [3.63, 3.8) is 0 Å². The average molecular weight is 575 g/mol. The maximum Gasteiger partial charge on any atom is 0.193 e. The van der Waals surface area contributed by atoms with Crippen LogP contribution in [-0.2, 0) is 0 Å². The van der Waals surface area contributed by atoms with E-state index in [1.165, 1.54) is 0 Å². The minimum Gasteiger partial charge on any atom is -0.490 e. The van der Waals surface area contributed by atoms with E-state index in [0.717, 1.165) is 33.8 Å². The van der Waals surface area contributed by atoms with Gasteiger partial charge in [-0.05, 0) is 46.5 Å². The summed E-state index contributed by atoms with van der Waals surface area (Å²) in [5.41, 5.74) is 6.31. The van der Waals surface area contributed by atoms with Crippen molar-refractivity contribution in [2.75, 3.05) is 13.2 Å². The predicted molar refractivity (Wildman–Crippen MR) is 174 cm³/mol. The third kappa shape index (κ3) is 6.50. The highest BCUT2D eigenvalue weighted by Crippen LogP contribution is 2.29. The van der Waals surface area contributed by atoms with Crippen molar-refractivity contribution in [1.29, 1.82) is 0 Å². The molecule has 0 N–H and O–H groups in total.